The zero-order valence-corrected chi connectivity index (χ0v) is 12.5. The Morgan fingerprint density at radius 2 is 1.90 bits per heavy atom. The summed E-state index contributed by atoms with van der Waals surface area (Å²) in [5.74, 6) is -0.219. The van der Waals surface area contributed by atoms with Gasteiger partial charge in [0.25, 0.3) is 0 Å². The lowest BCUT2D eigenvalue weighted by Crippen LogP contribution is -2.20. The highest BCUT2D eigenvalue weighted by Crippen LogP contribution is 2.26. The molecule has 21 heavy (non-hydrogen) atoms. The Kier molecular flexibility index (Phi) is 4.70. The van der Waals surface area contributed by atoms with E-state index in [9.17, 15) is 9.90 Å². The first kappa shape index (κ1) is 15.2. The lowest BCUT2D eigenvalue weighted by atomic mass is 10.0. The number of aryl methyl sites for hydroxylation is 1. The minimum absolute atomic E-state index is 0.604. The van der Waals surface area contributed by atoms with Crippen LogP contribution in [0.2, 0.25) is 5.02 Å². The molecule has 2 aromatic carbocycles. The third-order valence-electron chi connectivity index (χ3n) is 3.15. The van der Waals surface area contributed by atoms with Crippen LogP contribution in [0.25, 0.3) is 0 Å². The van der Waals surface area contributed by atoms with Gasteiger partial charge in [-0.15, -0.1) is 0 Å². The molecule has 1 unspecified atom stereocenters. The molecule has 0 spiro atoms. The van der Waals surface area contributed by atoms with Crippen LogP contribution in [0.1, 0.15) is 17.2 Å². The maximum Gasteiger partial charge on any atom is 0.330 e. The molecule has 110 valence electrons. The fourth-order valence-electron chi connectivity index (χ4n) is 2.08. The Hall–Kier alpha value is -2.20. The Balaban J connectivity index is 2.28. The molecule has 2 aromatic rings. The standard InChI is InChI=1S/C16H16ClNO3/c1-10-9-11(3-8-14(10)21-2)15(16(19)20)18-13-6-4-12(17)5-7-13/h3-9,15,18H,1-2H3,(H,19,20). The molecular formula is C16H16ClNO3. The molecule has 0 aliphatic rings. The van der Waals surface area contributed by atoms with Crippen molar-refractivity contribution in [1.29, 1.82) is 0 Å². The van der Waals surface area contributed by atoms with Crippen molar-refractivity contribution < 1.29 is 14.6 Å². The van der Waals surface area contributed by atoms with E-state index in [0.717, 1.165) is 11.3 Å². The Labute approximate surface area is 128 Å². The quantitative estimate of drug-likeness (QED) is 0.879. The summed E-state index contributed by atoms with van der Waals surface area (Å²) in [7, 11) is 1.59. The number of carboxylic acids is 1. The van der Waals surface area contributed by atoms with Crippen LogP contribution in [0.15, 0.2) is 42.5 Å². The first-order valence-corrected chi connectivity index (χ1v) is 6.78. The Morgan fingerprint density at radius 1 is 1.24 bits per heavy atom. The van der Waals surface area contributed by atoms with Crippen LogP contribution in [0.5, 0.6) is 5.75 Å². The van der Waals surface area contributed by atoms with E-state index in [-0.39, 0.29) is 0 Å². The van der Waals surface area contributed by atoms with E-state index in [2.05, 4.69) is 5.32 Å². The summed E-state index contributed by atoms with van der Waals surface area (Å²) in [5, 5.41) is 13.0. The molecule has 0 saturated heterocycles. The van der Waals surface area contributed by atoms with E-state index in [0.29, 0.717) is 16.3 Å². The number of hydrogen-bond acceptors (Lipinski definition) is 3. The minimum atomic E-state index is -0.950. The predicted octanol–water partition coefficient (Wildman–Crippen LogP) is 3.89. The van der Waals surface area contributed by atoms with Crippen molar-refractivity contribution in [2.45, 2.75) is 13.0 Å². The van der Waals surface area contributed by atoms with Crippen LogP contribution < -0.4 is 10.1 Å². The summed E-state index contributed by atoms with van der Waals surface area (Å²) in [6.07, 6.45) is 0. The number of aliphatic carboxylic acids is 1. The van der Waals surface area contributed by atoms with Crippen molar-refractivity contribution in [3.8, 4) is 5.75 Å². The number of hydrogen-bond donors (Lipinski definition) is 2. The van der Waals surface area contributed by atoms with Gasteiger partial charge in [0.05, 0.1) is 7.11 Å². The number of anilines is 1. The summed E-state index contributed by atoms with van der Waals surface area (Å²) in [4.78, 5) is 11.5. The fraction of sp³-hybridized carbons (Fsp3) is 0.188. The van der Waals surface area contributed by atoms with E-state index in [1.807, 2.05) is 6.92 Å². The molecule has 0 saturated carbocycles. The van der Waals surface area contributed by atoms with Crippen molar-refractivity contribution in [2.24, 2.45) is 0 Å². The number of rotatable bonds is 5. The molecule has 0 radical (unpaired) electrons. The van der Waals surface area contributed by atoms with Gasteiger partial charge in [-0.25, -0.2) is 4.79 Å². The molecule has 0 aliphatic carbocycles. The van der Waals surface area contributed by atoms with Crippen molar-refractivity contribution >= 4 is 23.3 Å². The third-order valence-corrected chi connectivity index (χ3v) is 3.41. The van der Waals surface area contributed by atoms with Crippen molar-refractivity contribution in [3.05, 3.63) is 58.6 Å². The molecule has 0 bridgehead atoms. The molecule has 2 N–H and O–H groups in total. The van der Waals surface area contributed by atoms with Gasteiger partial charge in [0.1, 0.15) is 5.75 Å². The summed E-state index contributed by atoms with van der Waals surface area (Å²) in [5.41, 5.74) is 2.25. The van der Waals surface area contributed by atoms with Crippen LogP contribution in [-0.2, 0) is 4.79 Å². The number of ether oxygens (including phenoxy) is 1. The second-order valence-corrected chi connectivity index (χ2v) is 5.09. The molecule has 0 aliphatic heterocycles. The van der Waals surface area contributed by atoms with Gasteiger partial charge in [-0.2, -0.15) is 0 Å². The molecule has 5 heteroatoms. The third kappa shape index (κ3) is 3.67. The summed E-state index contributed by atoms with van der Waals surface area (Å²) in [6.45, 7) is 1.88. The predicted molar refractivity (Wildman–Crippen MR) is 83.2 cm³/mol. The molecule has 0 amide bonds. The van der Waals surface area contributed by atoms with Crippen molar-refractivity contribution in [3.63, 3.8) is 0 Å². The SMILES string of the molecule is COc1ccc(C(Nc2ccc(Cl)cc2)C(=O)O)cc1C. The monoisotopic (exact) mass is 305 g/mol. The molecule has 2 rings (SSSR count). The summed E-state index contributed by atoms with van der Waals surface area (Å²) < 4.78 is 5.19. The second kappa shape index (κ2) is 6.50. The van der Waals surface area contributed by atoms with Gasteiger partial charge < -0.3 is 15.2 Å². The number of carbonyl (C=O) groups is 1. The van der Waals surface area contributed by atoms with Crippen LogP contribution in [0.4, 0.5) is 5.69 Å². The molecule has 0 fully saturated rings. The maximum atomic E-state index is 11.5. The fourth-order valence-corrected chi connectivity index (χ4v) is 2.21. The van der Waals surface area contributed by atoms with Crippen LogP contribution in [0, 0.1) is 6.92 Å². The molecule has 0 aromatic heterocycles. The smallest absolute Gasteiger partial charge is 0.330 e. The highest BCUT2D eigenvalue weighted by atomic mass is 35.5. The highest BCUT2D eigenvalue weighted by molar-refractivity contribution is 6.30. The lowest BCUT2D eigenvalue weighted by molar-refractivity contribution is -0.138. The normalized spacial score (nSPS) is 11.8. The second-order valence-electron chi connectivity index (χ2n) is 4.65. The van der Waals surface area contributed by atoms with Gasteiger partial charge in [0.2, 0.25) is 0 Å². The number of halogens is 1. The highest BCUT2D eigenvalue weighted by Gasteiger charge is 2.20. The number of methoxy groups -OCH3 is 1. The van der Waals surface area contributed by atoms with Gasteiger partial charge in [0, 0.05) is 10.7 Å². The van der Waals surface area contributed by atoms with Gasteiger partial charge in [0.15, 0.2) is 6.04 Å². The largest absolute Gasteiger partial charge is 0.496 e. The topological polar surface area (TPSA) is 58.6 Å². The van der Waals surface area contributed by atoms with E-state index < -0.39 is 12.0 Å². The maximum absolute atomic E-state index is 11.5. The van der Waals surface area contributed by atoms with E-state index in [1.54, 1.807) is 49.6 Å². The molecular weight excluding hydrogens is 290 g/mol. The van der Waals surface area contributed by atoms with E-state index in [1.165, 1.54) is 0 Å². The van der Waals surface area contributed by atoms with Crippen LogP contribution in [-0.4, -0.2) is 18.2 Å². The van der Waals surface area contributed by atoms with Crippen molar-refractivity contribution in [2.75, 3.05) is 12.4 Å². The number of carboxylic acid groups (broad SMARTS) is 1. The van der Waals surface area contributed by atoms with Crippen LogP contribution >= 0.6 is 11.6 Å². The molecule has 4 nitrogen and oxygen atoms in total. The first-order valence-electron chi connectivity index (χ1n) is 6.40. The van der Waals surface area contributed by atoms with E-state index in [4.69, 9.17) is 16.3 Å². The summed E-state index contributed by atoms with van der Waals surface area (Å²) in [6, 6.07) is 11.4. The molecule has 1 atom stereocenters. The van der Waals surface area contributed by atoms with Crippen molar-refractivity contribution in [1.82, 2.24) is 0 Å². The lowest BCUT2D eigenvalue weighted by Gasteiger charge is -2.17. The van der Waals surface area contributed by atoms with Gasteiger partial charge in [-0.05, 0) is 54.4 Å². The Morgan fingerprint density at radius 3 is 2.43 bits per heavy atom. The van der Waals surface area contributed by atoms with Gasteiger partial charge in [-0.3, -0.25) is 0 Å². The average Bonchev–Trinajstić information content (AvgIpc) is 2.46. The Bertz CT molecular complexity index is 640. The molecule has 0 heterocycles. The average molecular weight is 306 g/mol. The number of nitrogens with one attached hydrogen (secondary N) is 1. The van der Waals surface area contributed by atoms with E-state index >= 15 is 0 Å². The van der Waals surface area contributed by atoms with Gasteiger partial charge in [-0.1, -0.05) is 17.7 Å². The number of benzene rings is 2. The first-order chi connectivity index (χ1) is 10.0. The minimum Gasteiger partial charge on any atom is -0.496 e. The van der Waals surface area contributed by atoms with Gasteiger partial charge >= 0.3 is 5.97 Å². The zero-order valence-electron chi connectivity index (χ0n) is 11.8. The zero-order chi connectivity index (χ0) is 15.4. The van der Waals surface area contributed by atoms with Crippen LogP contribution in [0.3, 0.4) is 0 Å². The summed E-state index contributed by atoms with van der Waals surface area (Å²) >= 11 is 5.82.